The van der Waals surface area contributed by atoms with Gasteiger partial charge in [0.2, 0.25) is 0 Å². The van der Waals surface area contributed by atoms with E-state index in [1.54, 1.807) is 0 Å². The van der Waals surface area contributed by atoms with Crippen molar-refractivity contribution in [2.24, 2.45) is 0 Å². The van der Waals surface area contributed by atoms with Gasteiger partial charge in [0.05, 0.1) is 6.10 Å². The van der Waals surface area contributed by atoms with E-state index in [1.807, 2.05) is 32.0 Å². The van der Waals surface area contributed by atoms with E-state index in [-0.39, 0.29) is 6.10 Å². The summed E-state index contributed by atoms with van der Waals surface area (Å²) in [5.74, 6) is 3.60. The average Bonchev–Trinajstić information content (AvgIpc) is 2.16. The molecular weight excluding hydrogens is 172 g/mol. The predicted molar refractivity (Wildman–Crippen MR) is 59.4 cm³/mol. The first-order chi connectivity index (χ1) is 6.74. The first-order valence-electron chi connectivity index (χ1n) is 4.92. The zero-order valence-electron chi connectivity index (χ0n) is 8.79. The normalized spacial score (nSPS) is 9.86. The molecule has 0 aliphatic heterocycles. The standard InChI is InChI=1S/C13H16O/c1-4-5-8-12-9-6-7-10-13(12)14-11(2)3/h1,6-7,9-11H,5,8H2,2-3H3. The van der Waals surface area contributed by atoms with Crippen LogP contribution in [0.1, 0.15) is 25.8 Å². The lowest BCUT2D eigenvalue weighted by Crippen LogP contribution is -2.07. The lowest BCUT2D eigenvalue weighted by Gasteiger charge is -2.13. The van der Waals surface area contributed by atoms with Gasteiger partial charge in [0, 0.05) is 6.42 Å². The van der Waals surface area contributed by atoms with Crippen LogP contribution in [-0.2, 0) is 6.42 Å². The topological polar surface area (TPSA) is 9.23 Å². The van der Waals surface area contributed by atoms with Crippen molar-refractivity contribution in [3.05, 3.63) is 29.8 Å². The molecule has 0 bridgehead atoms. The third-order valence-corrected chi connectivity index (χ3v) is 1.87. The van der Waals surface area contributed by atoms with Gasteiger partial charge in [-0.2, -0.15) is 0 Å². The fourth-order valence-corrected chi connectivity index (χ4v) is 1.29. The maximum absolute atomic E-state index is 5.67. The van der Waals surface area contributed by atoms with E-state index in [2.05, 4.69) is 12.0 Å². The van der Waals surface area contributed by atoms with Crippen molar-refractivity contribution < 1.29 is 4.74 Å². The van der Waals surface area contributed by atoms with E-state index >= 15 is 0 Å². The Hall–Kier alpha value is -1.42. The molecule has 0 heterocycles. The predicted octanol–water partition coefficient (Wildman–Crippen LogP) is 3.04. The fourth-order valence-electron chi connectivity index (χ4n) is 1.29. The molecule has 0 aliphatic rings. The van der Waals surface area contributed by atoms with Crippen LogP contribution in [0.5, 0.6) is 5.75 Å². The Balaban J connectivity index is 2.76. The molecule has 0 amide bonds. The molecule has 0 saturated carbocycles. The van der Waals surface area contributed by atoms with Crippen LogP contribution >= 0.6 is 0 Å². The van der Waals surface area contributed by atoms with Crippen molar-refractivity contribution in [1.82, 2.24) is 0 Å². The number of hydrogen-bond donors (Lipinski definition) is 0. The Morgan fingerprint density at radius 1 is 1.36 bits per heavy atom. The maximum atomic E-state index is 5.67. The molecule has 0 saturated heterocycles. The number of rotatable bonds is 4. The summed E-state index contributed by atoms with van der Waals surface area (Å²) >= 11 is 0. The summed E-state index contributed by atoms with van der Waals surface area (Å²) in [5, 5.41) is 0. The van der Waals surface area contributed by atoms with Crippen LogP contribution < -0.4 is 4.74 Å². The van der Waals surface area contributed by atoms with E-state index in [0.29, 0.717) is 0 Å². The highest BCUT2D eigenvalue weighted by Crippen LogP contribution is 2.20. The number of terminal acetylenes is 1. The largest absolute Gasteiger partial charge is 0.491 e. The minimum absolute atomic E-state index is 0.210. The van der Waals surface area contributed by atoms with Gasteiger partial charge < -0.3 is 4.74 Å². The van der Waals surface area contributed by atoms with Crippen LogP contribution in [0, 0.1) is 12.3 Å². The van der Waals surface area contributed by atoms with Gasteiger partial charge in [0.25, 0.3) is 0 Å². The molecule has 1 nitrogen and oxygen atoms in total. The molecule has 0 N–H and O–H groups in total. The molecule has 1 aromatic carbocycles. The Labute approximate surface area is 86.1 Å². The zero-order chi connectivity index (χ0) is 10.4. The highest BCUT2D eigenvalue weighted by molar-refractivity contribution is 5.33. The molecule has 0 radical (unpaired) electrons. The molecule has 0 fully saturated rings. The summed E-state index contributed by atoms with van der Waals surface area (Å²) in [6.07, 6.45) is 7.10. The van der Waals surface area contributed by atoms with Gasteiger partial charge in [-0.15, -0.1) is 12.3 Å². The second kappa shape index (κ2) is 5.34. The molecule has 1 rings (SSSR count). The Kier molecular flexibility index (Phi) is 4.07. The summed E-state index contributed by atoms with van der Waals surface area (Å²) < 4.78 is 5.67. The maximum Gasteiger partial charge on any atom is 0.122 e. The molecule has 1 aromatic rings. The van der Waals surface area contributed by atoms with Crippen LogP contribution in [-0.4, -0.2) is 6.10 Å². The summed E-state index contributed by atoms with van der Waals surface area (Å²) in [4.78, 5) is 0. The Morgan fingerprint density at radius 2 is 2.07 bits per heavy atom. The molecular formula is C13H16O. The molecule has 14 heavy (non-hydrogen) atoms. The second-order valence-electron chi connectivity index (χ2n) is 3.48. The highest BCUT2D eigenvalue weighted by Gasteiger charge is 2.03. The van der Waals surface area contributed by atoms with Crippen molar-refractivity contribution in [2.45, 2.75) is 32.8 Å². The third-order valence-electron chi connectivity index (χ3n) is 1.87. The minimum Gasteiger partial charge on any atom is -0.491 e. The van der Waals surface area contributed by atoms with Crippen LogP contribution in [0.3, 0.4) is 0 Å². The summed E-state index contributed by atoms with van der Waals surface area (Å²) in [6, 6.07) is 8.05. The van der Waals surface area contributed by atoms with Gasteiger partial charge in [0.15, 0.2) is 0 Å². The smallest absolute Gasteiger partial charge is 0.122 e. The number of para-hydroxylation sites is 1. The quantitative estimate of drug-likeness (QED) is 0.660. The van der Waals surface area contributed by atoms with Crippen LogP contribution in [0.2, 0.25) is 0 Å². The van der Waals surface area contributed by atoms with Crippen molar-refractivity contribution in [3.63, 3.8) is 0 Å². The van der Waals surface area contributed by atoms with Crippen LogP contribution in [0.4, 0.5) is 0 Å². The van der Waals surface area contributed by atoms with Gasteiger partial charge >= 0.3 is 0 Å². The van der Waals surface area contributed by atoms with E-state index in [0.717, 1.165) is 18.6 Å². The molecule has 1 heteroatoms. The number of benzene rings is 1. The van der Waals surface area contributed by atoms with Gasteiger partial charge in [-0.25, -0.2) is 0 Å². The van der Waals surface area contributed by atoms with Crippen LogP contribution in [0.25, 0.3) is 0 Å². The lowest BCUT2D eigenvalue weighted by atomic mass is 10.1. The van der Waals surface area contributed by atoms with Crippen molar-refractivity contribution in [1.29, 1.82) is 0 Å². The second-order valence-corrected chi connectivity index (χ2v) is 3.48. The molecule has 0 aromatic heterocycles. The first kappa shape index (κ1) is 10.7. The van der Waals surface area contributed by atoms with Gasteiger partial charge in [-0.1, -0.05) is 18.2 Å². The summed E-state index contributed by atoms with van der Waals surface area (Å²) in [6.45, 7) is 4.05. The number of ether oxygens (including phenoxy) is 1. The monoisotopic (exact) mass is 188 g/mol. The van der Waals surface area contributed by atoms with Gasteiger partial charge in [0.1, 0.15) is 5.75 Å². The number of hydrogen-bond acceptors (Lipinski definition) is 1. The molecule has 0 spiro atoms. The average molecular weight is 188 g/mol. The lowest BCUT2D eigenvalue weighted by molar-refractivity contribution is 0.240. The fraction of sp³-hybridized carbons (Fsp3) is 0.385. The Morgan fingerprint density at radius 3 is 2.71 bits per heavy atom. The SMILES string of the molecule is C#CCCc1ccccc1OC(C)C. The van der Waals surface area contributed by atoms with E-state index < -0.39 is 0 Å². The first-order valence-corrected chi connectivity index (χ1v) is 4.92. The van der Waals surface area contributed by atoms with Crippen molar-refractivity contribution >= 4 is 0 Å². The van der Waals surface area contributed by atoms with E-state index in [1.165, 1.54) is 5.56 Å². The molecule has 0 unspecified atom stereocenters. The van der Waals surface area contributed by atoms with E-state index in [4.69, 9.17) is 11.2 Å². The highest BCUT2D eigenvalue weighted by atomic mass is 16.5. The summed E-state index contributed by atoms with van der Waals surface area (Å²) in [5.41, 5.74) is 1.19. The van der Waals surface area contributed by atoms with Crippen molar-refractivity contribution in [3.8, 4) is 18.1 Å². The Bertz CT molecular complexity index is 320. The third kappa shape index (κ3) is 3.14. The zero-order valence-corrected chi connectivity index (χ0v) is 8.79. The molecule has 0 aliphatic carbocycles. The van der Waals surface area contributed by atoms with E-state index in [9.17, 15) is 0 Å². The van der Waals surface area contributed by atoms with Gasteiger partial charge in [-0.3, -0.25) is 0 Å². The van der Waals surface area contributed by atoms with Crippen molar-refractivity contribution in [2.75, 3.05) is 0 Å². The number of aryl methyl sites for hydroxylation is 1. The molecule has 0 atom stereocenters. The van der Waals surface area contributed by atoms with Crippen LogP contribution in [0.15, 0.2) is 24.3 Å². The minimum atomic E-state index is 0.210. The molecule has 74 valence electrons. The van der Waals surface area contributed by atoms with Gasteiger partial charge in [-0.05, 0) is 31.9 Å². The summed E-state index contributed by atoms with van der Waals surface area (Å²) in [7, 11) is 0.